The lowest BCUT2D eigenvalue weighted by Gasteiger charge is -2.28. The van der Waals surface area contributed by atoms with Crippen molar-refractivity contribution in [2.75, 3.05) is 13.6 Å². The van der Waals surface area contributed by atoms with Crippen LogP contribution < -0.4 is 5.73 Å². The molecular formula is C14H20N2S. The highest BCUT2D eigenvalue weighted by Gasteiger charge is 2.26. The highest BCUT2D eigenvalue weighted by Crippen LogP contribution is 2.33. The third kappa shape index (κ3) is 3.79. The van der Waals surface area contributed by atoms with Crippen molar-refractivity contribution in [1.82, 2.24) is 4.90 Å². The largest absolute Gasteiger partial charge is 0.393 e. The SMILES string of the molecule is CN(CC1CC1)C(CC(N)=S)c1ccccc1. The van der Waals surface area contributed by atoms with Gasteiger partial charge < -0.3 is 5.73 Å². The first-order valence-electron chi connectivity index (χ1n) is 6.20. The number of benzene rings is 1. The van der Waals surface area contributed by atoms with E-state index in [-0.39, 0.29) is 0 Å². The number of rotatable bonds is 6. The van der Waals surface area contributed by atoms with E-state index in [2.05, 4.69) is 36.2 Å². The van der Waals surface area contributed by atoms with E-state index in [9.17, 15) is 0 Å². The number of hydrogen-bond acceptors (Lipinski definition) is 2. The van der Waals surface area contributed by atoms with E-state index in [1.165, 1.54) is 18.4 Å². The monoisotopic (exact) mass is 248 g/mol. The van der Waals surface area contributed by atoms with Gasteiger partial charge in [-0.1, -0.05) is 42.5 Å². The van der Waals surface area contributed by atoms with Crippen LogP contribution in [0.5, 0.6) is 0 Å². The fraction of sp³-hybridized carbons (Fsp3) is 0.500. The Bertz CT molecular complexity index is 373. The summed E-state index contributed by atoms with van der Waals surface area (Å²) in [7, 11) is 2.17. The van der Waals surface area contributed by atoms with Gasteiger partial charge in [-0.3, -0.25) is 4.90 Å². The van der Waals surface area contributed by atoms with Crippen molar-refractivity contribution in [3.8, 4) is 0 Å². The van der Waals surface area contributed by atoms with Crippen molar-refractivity contribution >= 4 is 17.2 Å². The molecule has 1 aromatic rings. The van der Waals surface area contributed by atoms with Crippen molar-refractivity contribution in [2.45, 2.75) is 25.3 Å². The van der Waals surface area contributed by atoms with Gasteiger partial charge in [-0.15, -0.1) is 0 Å². The third-order valence-electron chi connectivity index (χ3n) is 3.35. The van der Waals surface area contributed by atoms with Crippen molar-refractivity contribution < 1.29 is 0 Å². The van der Waals surface area contributed by atoms with Crippen LogP contribution in [0.15, 0.2) is 30.3 Å². The average Bonchev–Trinajstić information content (AvgIpc) is 3.10. The zero-order chi connectivity index (χ0) is 12.3. The lowest BCUT2D eigenvalue weighted by molar-refractivity contribution is 0.240. The Morgan fingerprint density at radius 2 is 2.06 bits per heavy atom. The minimum atomic E-state index is 0.328. The maximum Gasteiger partial charge on any atom is 0.0746 e. The topological polar surface area (TPSA) is 29.3 Å². The van der Waals surface area contributed by atoms with E-state index in [4.69, 9.17) is 18.0 Å². The van der Waals surface area contributed by atoms with Gasteiger partial charge in [-0.2, -0.15) is 0 Å². The molecule has 3 heteroatoms. The number of nitrogens with zero attached hydrogens (tertiary/aromatic N) is 1. The Labute approximate surface area is 109 Å². The normalized spacial score (nSPS) is 17.1. The smallest absolute Gasteiger partial charge is 0.0746 e. The molecule has 2 nitrogen and oxygen atoms in total. The molecule has 1 unspecified atom stereocenters. The second-order valence-electron chi connectivity index (χ2n) is 4.98. The average molecular weight is 248 g/mol. The first kappa shape index (κ1) is 12.5. The van der Waals surface area contributed by atoms with Crippen molar-refractivity contribution in [3.63, 3.8) is 0 Å². The van der Waals surface area contributed by atoms with Crippen LogP contribution in [0.1, 0.15) is 30.9 Å². The standard InChI is InChI=1S/C14H20N2S/c1-16(10-11-7-8-11)13(9-14(15)17)12-5-3-2-4-6-12/h2-6,11,13H,7-10H2,1H3,(H2,15,17). The molecule has 2 N–H and O–H groups in total. The molecule has 0 aliphatic heterocycles. The molecule has 0 saturated heterocycles. The summed E-state index contributed by atoms with van der Waals surface area (Å²) in [6.45, 7) is 1.15. The third-order valence-corrected chi connectivity index (χ3v) is 3.52. The van der Waals surface area contributed by atoms with Gasteiger partial charge in [-0.05, 0) is 31.4 Å². The van der Waals surface area contributed by atoms with Crippen LogP contribution in [-0.2, 0) is 0 Å². The summed E-state index contributed by atoms with van der Waals surface area (Å²) in [5.41, 5.74) is 7.03. The molecule has 0 radical (unpaired) electrons. The molecule has 0 bridgehead atoms. The quantitative estimate of drug-likeness (QED) is 0.785. The molecule has 0 aromatic heterocycles. The second-order valence-corrected chi connectivity index (χ2v) is 5.50. The molecule has 1 saturated carbocycles. The highest BCUT2D eigenvalue weighted by atomic mass is 32.1. The van der Waals surface area contributed by atoms with Crippen LogP contribution in [0.4, 0.5) is 0 Å². The molecule has 1 aliphatic rings. The predicted octanol–water partition coefficient (Wildman–Crippen LogP) is 2.75. The molecule has 1 aliphatic carbocycles. The van der Waals surface area contributed by atoms with Crippen LogP contribution in [0.3, 0.4) is 0 Å². The summed E-state index contributed by atoms with van der Waals surface area (Å²) in [5.74, 6) is 0.887. The fourth-order valence-electron chi connectivity index (χ4n) is 2.23. The zero-order valence-electron chi connectivity index (χ0n) is 10.3. The molecule has 1 aromatic carbocycles. The second kappa shape index (κ2) is 5.61. The molecule has 1 atom stereocenters. The minimum Gasteiger partial charge on any atom is -0.393 e. The molecular weight excluding hydrogens is 228 g/mol. The fourth-order valence-corrected chi connectivity index (χ4v) is 2.39. The van der Waals surface area contributed by atoms with Gasteiger partial charge >= 0.3 is 0 Å². The van der Waals surface area contributed by atoms with Crippen molar-refractivity contribution in [2.24, 2.45) is 11.7 Å². The Hall–Kier alpha value is -0.930. The summed E-state index contributed by atoms with van der Waals surface area (Å²) in [6.07, 6.45) is 3.51. The molecule has 92 valence electrons. The van der Waals surface area contributed by atoms with Crippen LogP contribution in [-0.4, -0.2) is 23.5 Å². The van der Waals surface area contributed by atoms with Gasteiger partial charge in [0, 0.05) is 19.0 Å². The summed E-state index contributed by atoms with van der Waals surface area (Å²) >= 11 is 5.07. The zero-order valence-corrected chi connectivity index (χ0v) is 11.1. The van der Waals surface area contributed by atoms with Crippen molar-refractivity contribution in [1.29, 1.82) is 0 Å². The summed E-state index contributed by atoms with van der Waals surface area (Å²) in [4.78, 5) is 2.99. The molecule has 0 amide bonds. The van der Waals surface area contributed by atoms with E-state index in [0.29, 0.717) is 11.0 Å². The van der Waals surface area contributed by atoms with Crippen molar-refractivity contribution in [3.05, 3.63) is 35.9 Å². The molecule has 17 heavy (non-hydrogen) atoms. The van der Waals surface area contributed by atoms with Gasteiger partial charge in [0.1, 0.15) is 0 Å². The first-order valence-corrected chi connectivity index (χ1v) is 6.61. The molecule has 0 spiro atoms. The van der Waals surface area contributed by atoms with E-state index < -0.39 is 0 Å². The van der Waals surface area contributed by atoms with Gasteiger partial charge in [0.05, 0.1) is 4.99 Å². The lowest BCUT2D eigenvalue weighted by atomic mass is 10.0. The number of thiocarbonyl (C=S) groups is 1. The van der Waals surface area contributed by atoms with Gasteiger partial charge in [-0.25, -0.2) is 0 Å². The van der Waals surface area contributed by atoms with Crippen LogP contribution in [0.25, 0.3) is 0 Å². The maximum atomic E-state index is 5.72. The Kier molecular flexibility index (Phi) is 4.13. The minimum absolute atomic E-state index is 0.328. The van der Waals surface area contributed by atoms with Gasteiger partial charge in [0.25, 0.3) is 0 Å². The number of hydrogen-bond donors (Lipinski definition) is 1. The van der Waals surface area contributed by atoms with E-state index in [1.807, 2.05) is 6.07 Å². The predicted molar refractivity (Wildman–Crippen MR) is 75.9 cm³/mol. The van der Waals surface area contributed by atoms with Crippen LogP contribution in [0.2, 0.25) is 0 Å². The van der Waals surface area contributed by atoms with Crippen LogP contribution in [0, 0.1) is 5.92 Å². The van der Waals surface area contributed by atoms with E-state index >= 15 is 0 Å². The Balaban J connectivity index is 2.08. The highest BCUT2D eigenvalue weighted by molar-refractivity contribution is 7.80. The van der Waals surface area contributed by atoms with E-state index in [1.54, 1.807) is 0 Å². The van der Waals surface area contributed by atoms with Gasteiger partial charge in [0.2, 0.25) is 0 Å². The lowest BCUT2D eigenvalue weighted by Crippen LogP contribution is -2.30. The molecule has 0 heterocycles. The Morgan fingerprint density at radius 3 is 2.59 bits per heavy atom. The van der Waals surface area contributed by atoms with Gasteiger partial charge in [0.15, 0.2) is 0 Å². The Morgan fingerprint density at radius 1 is 1.41 bits per heavy atom. The summed E-state index contributed by atoms with van der Waals surface area (Å²) < 4.78 is 0. The number of nitrogens with two attached hydrogens (primary N) is 1. The summed E-state index contributed by atoms with van der Waals surface area (Å²) in [6, 6.07) is 10.8. The first-order chi connectivity index (χ1) is 8.16. The molecule has 1 fully saturated rings. The maximum absolute atomic E-state index is 5.72. The molecule has 2 rings (SSSR count). The van der Waals surface area contributed by atoms with E-state index in [0.717, 1.165) is 18.9 Å². The van der Waals surface area contributed by atoms with Crippen LogP contribution >= 0.6 is 12.2 Å². The summed E-state index contributed by atoms with van der Waals surface area (Å²) in [5, 5.41) is 0.